The smallest absolute Gasteiger partial charge is 0.269 e. The number of nitrogens with one attached hydrogen (secondary N) is 1. The number of amides is 1. The summed E-state index contributed by atoms with van der Waals surface area (Å²) in [6, 6.07) is 13.6. The largest absolute Gasteiger partial charge is 0.379 e. The lowest BCUT2D eigenvalue weighted by atomic mass is 9.93. The molecule has 0 aliphatic carbocycles. The summed E-state index contributed by atoms with van der Waals surface area (Å²) in [7, 11) is 0. The van der Waals surface area contributed by atoms with Gasteiger partial charge in [-0.2, -0.15) is 5.10 Å². The minimum Gasteiger partial charge on any atom is -0.379 e. The van der Waals surface area contributed by atoms with Crippen LogP contribution in [0, 0.1) is 5.92 Å². The Balaban J connectivity index is 1.30. The van der Waals surface area contributed by atoms with Gasteiger partial charge in [0, 0.05) is 41.4 Å². The normalized spacial score (nSPS) is 23.6. The minimum absolute atomic E-state index is 0.0691. The van der Waals surface area contributed by atoms with Crippen LogP contribution in [-0.2, 0) is 20.8 Å². The number of rotatable bonds is 4. The van der Waals surface area contributed by atoms with Gasteiger partial charge in [0.1, 0.15) is 0 Å². The first kappa shape index (κ1) is 21.0. The molecule has 0 bridgehead atoms. The molecule has 1 fully saturated rings. The van der Waals surface area contributed by atoms with Crippen molar-refractivity contribution in [3.8, 4) is 0 Å². The minimum atomic E-state index is -1.05. The fourth-order valence-electron chi connectivity index (χ4n) is 4.54. The van der Waals surface area contributed by atoms with Gasteiger partial charge in [-0.05, 0) is 31.0 Å². The first-order valence-electron chi connectivity index (χ1n) is 10.8. The molecule has 1 amide bonds. The lowest BCUT2D eigenvalue weighted by Crippen LogP contribution is -2.49. The molecular formula is C24H25ClN4O3. The van der Waals surface area contributed by atoms with Crippen LogP contribution in [-0.4, -0.2) is 58.6 Å². The van der Waals surface area contributed by atoms with Crippen LogP contribution in [0.4, 0.5) is 0 Å². The van der Waals surface area contributed by atoms with Crippen molar-refractivity contribution in [1.29, 1.82) is 0 Å². The van der Waals surface area contributed by atoms with E-state index in [0.29, 0.717) is 43.5 Å². The predicted molar refractivity (Wildman–Crippen MR) is 123 cm³/mol. The molecule has 2 aliphatic heterocycles. The number of halogens is 1. The van der Waals surface area contributed by atoms with Gasteiger partial charge in [0.2, 0.25) is 5.60 Å². The summed E-state index contributed by atoms with van der Waals surface area (Å²) in [5.74, 6) is 0.108. The number of hydrogen-bond acceptors (Lipinski definition) is 5. The van der Waals surface area contributed by atoms with Crippen molar-refractivity contribution >= 4 is 34.1 Å². The number of carbonyl (C=O) groups is 1. The van der Waals surface area contributed by atoms with Crippen LogP contribution < -0.4 is 0 Å². The lowest BCUT2D eigenvalue weighted by molar-refractivity contribution is -0.153. The molecule has 1 saturated heterocycles. The maximum absolute atomic E-state index is 13.5. The highest BCUT2D eigenvalue weighted by Crippen LogP contribution is 2.32. The average molecular weight is 453 g/mol. The molecule has 32 heavy (non-hydrogen) atoms. The molecule has 3 aromatic rings. The van der Waals surface area contributed by atoms with Crippen LogP contribution in [0.1, 0.15) is 24.5 Å². The summed E-state index contributed by atoms with van der Waals surface area (Å²) in [5, 5.41) is 13.1. The van der Waals surface area contributed by atoms with Crippen LogP contribution in [0.5, 0.6) is 0 Å². The van der Waals surface area contributed by atoms with Crippen LogP contribution in [0.3, 0.4) is 0 Å². The van der Waals surface area contributed by atoms with Gasteiger partial charge in [0.15, 0.2) is 0 Å². The van der Waals surface area contributed by atoms with Crippen LogP contribution in [0.2, 0.25) is 5.02 Å². The average Bonchev–Trinajstić information content (AvgIpc) is 3.37. The zero-order valence-corrected chi connectivity index (χ0v) is 18.6. The Morgan fingerprint density at radius 1 is 1.28 bits per heavy atom. The molecule has 0 spiro atoms. The van der Waals surface area contributed by atoms with Gasteiger partial charge in [-0.25, -0.2) is 0 Å². The second-order valence-corrected chi connectivity index (χ2v) is 9.07. The van der Waals surface area contributed by atoms with Crippen molar-refractivity contribution in [2.24, 2.45) is 11.1 Å². The van der Waals surface area contributed by atoms with Crippen molar-refractivity contribution in [1.82, 2.24) is 15.1 Å². The Morgan fingerprint density at radius 3 is 3.03 bits per heavy atom. The molecule has 2 aromatic carbocycles. The number of carbonyl (C=O) groups excluding carboxylic acids is 1. The number of H-pyrrole nitrogens is 1. The number of ether oxygens (including phenoxy) is 1. The van der Waals surface area contributed by atoms with Crippen LogP contribution in [0.25, 0.3) is 10.9 Å². The number of oxime groups is 1. The Labute approximate surface area is 191 Å². The molecular weight excluding hydrogens is 428 g/mol. The van der Waals surface area contributed by atoms with Crippen molar-refractivity contribution < 1.29 is 14.4 Å². The molecule has 2 aliphatic rings. The Morgan fingerprint density at radius 2 is 2.16 bits per heavy atom. The van der Waals surface area contributed by atoms with E-state index >= 15 is 0 Å². The van der Waals surface area contributed by atoms with E-state index in [1.165, 1.54) is 5.56 Å². The van der Waals surface area contributed by atoms with Crippen molar-refractivity contribution in [2.45, 2.75) is 25.4 Å². The summed E-state index contributed by atoms with van der Waals surface area (Å²) in [6.07, 6.45) is 3.04. The van der Waals surface area contributed by atoms with Crippen molar-refractivity contribution in [2.75, 3.05) is 26.3 Å². The number of benzene rings is 2. The summed E-state index contributed by atoms with van der Waals surface area (Å²) in [6.45, 7) is 4.05. The molecule has 3 heterocycles. The fraction of sp³-hybridized carbons (Fsp3) is 0.375. The zero-order chi connectivity index (χ0) is 22.1. The molecule has 0 unspecified atom stereocenters. The van der Waals surface area contributed by atoms with Crippen LogP contribution >= 0.6 is 11.6 Å². The Hall–Kier alpha value is -2.90. The van der Waals surface area contributed by atoms with Crippen molar-refractivity contribution in [3.63, 3.8) is 0 Å². The first-order chi connectivity index (χ1) is 15.5. The molecule has 0 radical (unpaired) electrons. The highest BCUT2D eigenvalue weighted by Gasteiger charge is 2.45. The number of fused-ring (bicyclic) bond motifs is 1. The van der Waals surface area contributed by atoms with Crippen molar-refractivity contribution in [3.05, 3.63) is 64.8 Å². The van der Waals surface area contributed by atoms with Gasteiger partial charge in [0.25, 0.3) is 5.91 Å². The molecule has 8 heteroatoms. The molecule has 1 aromatic heterocycles. The third kappa shape index (κ3) is 3.98. The second kappa shape index (κ2) is 8.56. The van der Waals surface area contributed by atoms with E-state index in [1.54, 1.807) is 6.92 Å². The quantitative estimate of drug-likeness (QED) is 0.652. The van der Waals surface area contributed by atoms with E-state index in [2.05, 4.69) is 21.4 Å². The molecule has 7 nitrogen and oxygen atoms in total. The van der Waals surface area contributed by atoms with Gasteiger partial charge >= 0.3 is 0 Å². The summed E-state index contributed by atoms with van der Waals surface area (Å²) in [5.41, 5.74) is 2.66. The van der Waals surface area contributed by atoms with Gasteiger partial charge in [-0.15, -0.1) is 0 Å². The number of nitrogens with zero attached hydrogens (tertiary/aromatic N) is 3. The number of aromatic amines is 1. The summed E-state index contributed by atoms with van der Waals surface area (Å²) < 4.78 is 5.85. The third-order valence-electron chi connectivity index (χ3n) is 6.21. The van der Waals surface area contributed by atoms with Crippen LogP contribution in [0.15, 0.2) is 53.8 Å². The topological polar surface area (TPSA) is 79.8 Å². The van der Waals surface area contributed by atoms with E-state index in [1.807, 2.05) is 47.5 Å². The second-order valence-electron chi connectivity index (χ2n) is 8.66. The highest BCUT2D eigenvalue weighted by atomic mass is 35.5. The Bertz CT molecular complexity index is 1180. The first-order valence-corrected chi connectivity index (χ1v) is 11.2. The SMILES string of the molecule is C[C@]1(C(=O)N2CCOC[C@H](Cc3cccc4[nH]ncc34)C2)CC(c2ccccc2Cl)=NO1. The van der Waals surface area contributed by atoms with E-state index in [9.17, 15) is 4.79 Å². The van der Waals surface area contributed by atoms with E-state index in [-0.39, 0.29) is 11.8 Å². The number of aromatic nitrogens is 2. The lowest BCUT2D eigenvalue weighted by Gasteiger charge is -2.30. The maximum Gasteiger partial charge on any atom is 0.269 e. The molecule has 1 N–H and O–H groups in total. The van der Waals surface area contributed by atoms with Gasteiger partial charge in [-0.3, -0.25) is 9.89 Å². The van der Waals surface area contributed by atoms with E-state index < -0.39 is 5.60 Å². The third-order valence-corrected chi connectivity index (χ3v) is 6.54. The summed E-state index contributed by atoms with van der Waals surface area (Å²) in [4.78, 5) is 21.1. The molecule has 2 atom stereocenters. The van der Waals surface area contributed by atoms with E-state index in [0.717, 1.165) is 22.9 Å². The highest BCUT2D eigenvalue weighted by molar-refractivity contribution is 6.34. The Kier molecular flexibility index (Phi) is 5.61. The fourth-order valence-corrected chi connectivity index (χ4v) is 4.78. The van der Waals surface area contributed by atoms with E-state index in [4.69, 9.17) is 21.2 Å². The maximum atomic E-state index is 13.5. The number of hydrogen-bond donors (Lipinski definition) is 1. The molecule has 0 saturated carbocycles. The summed E-state index contributed by atoms with van der Waals surface area (Å²) >= 11 is 6.32. The monoisotopic (exact) mass is 452 g/mol. The molecule has 166 valence electrons. The predicted octanol–water partition coefficient (Wildman–Crippen LogP) is 3.82. The standard InChI is InChI=1S/C24H25ClN4O3/c1-24(12-22(28-32-24)18-6-2-3-7-20(18)25)23(30)29-9-10-31-15-16(14-29)11-17-5-4-8-21-19(17)13-26-27-21/h2-8,13,16H,9-12,14-15H2,1H3,(H,26,27)/t16-,24-/m1/s1. The van der Waals surface area contributed by atoms with Gasteiger partial charge in [-0.1, -0.05) is 47.1 Å². The molecule has 5 rings (SSSR count). The zero-order valence-electron chi connectivity index (χ0n) is 17.9. The van der Waals surface area contributed by atoms with Gasteiger partial charge in [0.05, 0.1) is 30.6 Å². The van der Waals surface area contributed by atoms with Gasteiger partial charge < -0.3 is 14.5 Å².